The molecule has 6 heteroatoms. The first-order valence-electron chi connectivity index (χ1n) is 7.66. The lowest BCUT2D eigenvalue weighted by molar-refractivity contribution is -0.121. The third-order valence-corrected chi connectivity index (χ3v) is 2.58. The van der Waals surface area contributed by atoms with Gasteiger partial charge in [0.25, 0.3) is 0 Å². The number of hydrogen-bond acceptors (Lipinski definition) is 4. The predicted molar refractivity (Wildman–Crippen MR) is 82.1 cm³/mol. The van der Waals surface area contributed by atoms with Crippen molar-refractivity contribution in [1.82, 2.24) is 10.6 Å². The van der Waals surface area contributed by atoms with E-state index >= 15 is 0 Å². The minimum atomic E-state index is -0.422. The summed E-state index contributed by atoms with van der Waals surface area (Å²) in [5.74, 6) is 0.919. The molecule has 0 aromatic heterocycles. The van der Waals surface area contributed by atoms with Crippen LogP contribution in [0.4, 0.5) is 4.79 Å². The van der Waals surface area contributed by atoms with Gasteiger partial charge >= 0.3 is 6.09 Å². The molecule has 0 aromatic rings. The molecule has 0 saturated heterocycles. The summed E-state index contributed by atoms with van der Waals surface area (Å²) < 4.78 is 10.2. The standard InChI is InChI=1S/C15H30N2O4/c1-12(2)5-6-14(18)16-7-9-20-10-8-17-15(19)21-11-13(3)4/h12-13H,5-11H2,1-4H3,(H,16,18)(H,17,19). The molecule has 21 heavy (non-hydrogen) atoms. The minimum absolute atomic E-state index is 0.0580. The van der Waals surface area contributed by atoms with Gasteiger partial charge in [-0.1, -0.05) is 27.7 Å². The Bertz CT molecular complexity index is 265. The van der Waals surface area contributed by atoms with E-state index in [2.05, 4.69) is 24.5 Å². The van der Waals surface area contributed by atoms with Gasteiger partial charge in [0.1, 0.15) is 0 Å². The van der Waals surface area contributed by atoms with E-state index in [0.29, 0.717) is 51.2 Å². The molecule has 0 aliphatic heterocycles. The molecular weight excluding hydrogens is 272 g/mol. The van der Waals surface area contributed by atoms with Crippen LogP contribution in [0.15, 0.2) is 0 Å². The smallest absolute Gasteiger partial charge is 0.407 e. The van der Waals surface area contributed by atoms with Crippen molar-refractivity contribution >= 4 is 12.0 Å². The van der Waals surface area contributed by atoms with Gasteiger partial charge in [-0.25, -0.2) is 4.79 Å². The van der Waals surface area contributed by atoms with Crippen LogP contribution < -0.4 is 10.6 Å². The van der Waals surface area contributed by atoms with Crippen molar-refractivity contribution in [1.29, 1.82) is 0 Å². The summed E-state index contributed by atoms with van der Waals surface area (Å²) in [7, 11) is 0. The number of alkyl carbamates (subject to hydrolysis) is 1. The number of carbonyl (C=O) groups excluding carboxylic acids is 2. The summed E-state index contributed by atoms with van der Waals surface area (Å²) in [6, 6.07) is 0. The Morgan fingerprint density at radius 1 is 0.952 bits per heavy atom. The molecule has 0 aromatic carbocycles. The molecular formula is C15H30N2O4. The Morgan fingerprint density at radius 2 is 1.57 bits per heavy atom. The minimum Gasteiger partial charge on any atom is -0.449 e. The summed E-state index contributed by atoms with van der Waals surface area (Å²) in [5, 5.41) is 5.39. The van der Waals surface area contributed by atoms with E-state index in [1.165, 1.54) is 0 Å². The summed E-state index contributed by atoms with van der Waals surface area (Å²) in [6.45, 7) is 10.3. The van der Waals surface area contributed by atoms with Gasteiger partial charge in [0.15, 0.2) is 0 Å². The van der Waals surface area contributed by atoms with Crippen LogP contribution in [-0.2, 0) is 14.3 Å². The maximum absolute atomic E-state index is 11.4. The van der Waals surface area contributed by atoms with E-state index < -0.39 is 6.09 Å². The van der Waals surface area contributed by atoms with Crippen molar-refractivity contribution < 1.29 is 19.1 Å². The van der Waals surface area contributed by atoms with Crippen LogP contribution in [-0.4, -0.2) is 44.9 Å². The average Bonchev–Trinajstić information content (AvgIpc) is 2.41. The first kappa shape index (κ1) is 19.7. The number of amides is 2. The number of hydrogen-bond donors (Lipinski definition) is 2. The van der Waals surface area contributed by atoms with E-state index in [1.54, 1.807) is 0 Å². The van der Waals surface area contributed by atoms with Crippen LogP contribution >= 0.6 is 0 Å². The summed E-state index contributed by atoms with van der Waals surface area (Å²) in [6.07, 6.45) is 1.03. The predicted octanol–water partition coefficient (Wildman–Crippen LogP) is 1.94. The molecule has 2 amide bonds. The number of carbonyl (C=O) groups is 2. The van der Waals surface area contributed by atoms with Gasteiger partial charge < -0.3 is 20.1 Å². The number of rotatable bonds is 11. The topological polar surface area (TPSA) is 76.7 Å². The lowest BCUT2D eigenvalue weighted by Crippen LogP contribution is -2.31. The summed E-state index contributed by atoms with van der Waals surface area (Å²) in [4.78, 5) is 22.6. The maximum Gasteiger partial charge on any atom is 0.407 e. The molecule has 124 valence electrons. The molecule has 0 rings (SSSR count). The molecule has 0 unspecified atom stereocenters. The van der Waals surface area contributed by atoms with E-state index in [0.717, 1.165) is 6.42 Å². The monoisotopic (exact) mass is 302 g/mol. The fraction of sp³-hybridized carbons (Fsp3) is 0.867. The van der Waals surface area contributed by atoms with Crippen LogP contribution in [0.3, 0.4) is 0 Å². The SMILES string of the molecule is CC(C)CCC(=O)NCCOCCNC(=O)OCC(C)C. The van der Waals surface area contributed by atoms with Crippen molar-refractivity contribution in [2.24, 2.45) is 11.8 Å². The lowest BCUT2D eigenvalue weighted by Gasteiger charge is -2.09. The number of nitrogens with one attached hydrogen (secondary N) is 2. The zero-order valence-corrected chi connectivity index (χ0v) is 13.7. The molecule has 0 spiro atoms. The van der Waals surface area contributed by atoms with Crippen molar-refractivity contribution in [3.05, 3.63) is 0 Å². The quantitative estimate of drug-likeness (QED) is 0.572. The highest BCUT2D eigenvalue weighted by atomic mass is 16.5. The lowest BCUT2D eigenvalue weighted by atomic mass is 10.1. The van der Waals surface area contributed by atoms with Crippen LogP contribution in [0.5, 0.6) is 0 Å². The van der Waals surface area contributed by atoms with Crippen molar-refractivity contribution in [2.45, 2.75) is 40.5 Å². The van der Waals surface area contributed by atoms with Crippen molar-refractivity contribution in [2.75, 3.05) is 32.9 Å². The Balaban J connectivity index is 3.32. The van der Waals surface area contributed by atoms with Gasteiger partial charge in [-0.2, -0.15) is 0 Å². The van der Waals surface area contributed by atoms with Crippen molar-refractivity contribution in [3.63, 3.8) is 0 Å². The van der Waals surface area contributed by atoms with Crippen LogP contribution in [0.1, 0.15) is 40.5 Å². The molecule has 0 aliphatic carbocycles. The summed E-state index contributed by atoms with van der Waals surface area (Å²) >= 11 is 0. The Kier molecular flexibility index (Phi) is 11.7. The summed E-state index contributed by atoms with van der Waals surface area (Å²) in [5.41, 5.74) is 0. The molecule has 0 saturated carbocycles. The van der Waals surface area contributed by atoms with E-state index in [9.17, 15) is 9.59 Å². The Morgan fingerprint density at radius 3 is 2.14 bits per heavy atom. The zero-order chi connectivity index (χ0) is 16.1. The van der Waals surface area contributed by atoms with Gasteiger partial charge in [0.2, 0.25) is 5.91 Å². The highest BCUT2D eigenvalue weighted by Crippen LogP contribution is 2.02. The zero-order valence-electron chi connectivity index (χ0n) is 13.7. The second-order valence-electron chi connectivity index (χ2n) is 5.81. The Hall–Kier alpha value is -1.30. The van der Waals surface area contributed by atoms with E-state index in [1.807, 2.05) is 13.8 Å². The highest BCUT2D eigenvalue weighted by Gasteiger charge is 2.03. The molecule has 0 atom stereocenters. The molecule has 0 radical (unpaired) electrons. The maximum atomic E-state index is 11.4. The molecule has 0 aliphatic rings. The second kappa shape index (κ2) is 12.4. The van der Waals surface area contributed by atoms with Crippen LogP contribution in [0.25, 0.3) is 0 Å². The van der Waals surface area contributed by atoms with Crippen molar-refractivity contribution in [3.8, 4) is 0 Å². The first-order valence-corrected chi connectivity index (χ1v) is 7.66. The highest BCUT2D eigenvalue weighted by molar-refractivity contribution is 5.75. The van der Waals surface area contributed by atoms with Crippen LogP contribution in [0, 0.1) is 11.8 Å². The fourth-order valence-electron chi connectivity index (χ4n) is 1.39. The average molecular weight is 302 g/mol. The Labute approximate surface area is 127 Å². The fourth-order valence-corrected chi connectivity index (χ4v) is 1.39. The third-order valence-electron chi connectivity index (χ3n) is 2.58. The van der Waals surface area contributed by atoms with Gasteiger partial charge in [-0.15, -0.1) is 0 Å². The van der Waals surface area contributed by atoms with E-state index in [-0.39, 0.29) is 5.91 Å². The second-order valence-corrected chi connectivity index (χ2v) is 5.81. The molecule has 2 N–H and O–H groups in total. The largest absolute Gasteiger partial charge is 0.449 e. The normalized spacial score (nSPS) is 10.8. The molecule has 0 heterocycles. The molecule has 0 bridgehead atoms. The van der Waals surface area contributed by atoms with E-state index in [4.69, 9.17) is 9.47 Å². The van der Waals surface area contributed by atoms with Gasteiger partial charge in [0, 0.05) is 19.5 Å². The van der Waals surface area contributed by atoms with Gasteiger partial charge in [-0.3, -0.25) is 4.79 Å². The first-order chi connectivity index (χ1) is 9.91. The number of ether oxygens (including phenoxy) is 2. The molecule has 6 nitrogen and oxygen atoms in total. The van der Waals surface area contributed by atoms with Gasteiger partial charge in [-0.05, 0) is 18.3 Å². The van der Waals surface area contributed by atoms with Crippen LogP contribution in [0.2, 0.25) is 0 Å². The molecule has 0 fully saturated rings. The third kappa shape index (κ3) is 14.9. The van der Waals surface area contributed by atoms with Gasteiger partial charge in [0.05, 0.1) is 19.8 Å².